The molecule has 0 saturated carbocycles. The van der Waals surface area contributed by atoms with Gasteiger partial charge in [0.2, 0.25) is 10.0 Å². The van der Waals surface area contributed by atoms with Crippen molar-refractivity contribution in [2.24, 2.45) is 0 Å². The van der Waals surface area contributed by atoms with E-state index < -0.39 is 10.0 Å². The minimum absolute atomic E-state index is 0.151. The summed E-state index contributed by atoms with van der Waals surface area (Å²) in [5.41, 5.74) is 0.959. The van der Waals surface area contributed by atoms with Gasteiger partial charge in [-0.3, -0.25) is 4.90 Å². The molecule has 1 rings (SSSR count). The molecule has 1 saturated heterocycles. The van der Waals surface area contributed by atoms with Crippen molar-refractivity contribution in [3.05, 3.63) is 24.3 Å². The lowest BCUT2D eigenvalue weighted by molar-refractivity contribution is 0.253. The van der Waals surface area contributed by atoms with Crippen LogP contribution in [0.1, 0.15) is 13.8 Å². The average Bonchev–Trinajstić information content (AvgIpc) is 2.37. The van der Waals surface area contributed by atoms with Gasteiger partial charge in [-0.2, -0.15) is 0 Å². The number of hydrogen-bond donors (Lipinski definition) is 2. The van der Waals surface area contributed by atoms with Gasteiger partial charge in [-0.25, -0.2) is 13.1 Å². The maximum absolute atomic E-state index is 12.0. The first kappa shape index (κ1) is 16.4. The number of hydrogen-bond acceptors (Lipinski definition) is 4. The first-order chi connectivity index (χ1) is 8.94. The van der Waals surface area contributed by atoms with Gasteiger partial charge in [0.15, 0.2) is 0 Å². The summed E-state index contributed by atoms with van der Waals surface area (Å²) in [5.74, 6) is 0.151. The van der Waals surface area contributed by atoms with Crippen molar-refractivity contribution in [1.29, 1.82) is 0 Å². The topological polar surface area (TPSA) is 61.4 Å². The summed E-state index contributed by atoms with van der Waals surface area (Å²) in [6.45, 7) is 11.6. The third kappa shape index (κ3) is 6.33. The standard InChI is InChI=1S/C13H25N3O2S/c1-4-5-12(2)13(3)15-19(17,18)11-10-16-8-6-14-7-9-16/h4-5,13-15H,1,6-11H2,2-3H3. The monoisotopic (exact) mass is 287 g/mol. The molecule has 1 fully saturated rings. The Kier molecular flexibility index (Phi) is 6.71. The summed E-state index contributed by atoms with van der Waals surface area (Å²) in [4.78, 5) is 2.17. The maximum atomic E-state index is 12.0. The summed E-state index contributed by atoms with van der Waals surface area (Å²) >= 11 is 0. The number of allylic oxidation sites excluding steroid dienone is 2. The first-order valence-corrected chi connectivity index (χ1v) is 8.32. The molecule has 6 heteroatoms. The van der Waals surface area contributed by atoms with Crippen LogP contribution in [0.4, 0.5) is 0 Å². The van der Waals surface area contributed by atoms with Gasteiger partial charge in [0.25, 0.3) is 0 Å². The molecule has 0 aromatic carbocycles. The maximum Gasteiger partial charge on any atom is 0.213 e. The Hall–Kier alpha value is -0.690. The second-order valence-electron chi connectivity index (χ2n) is 4.90. The molecular weight excluding hydrogens is 262 g/mol. The van der Waals surface area contributed by atoms with Gasteiger partial charge in [-0.15, -0.1) is 0 Å². The van der Waals surface area contributed by atoms with Crippen LogP contribution >= 0.6 is 0 Å². The van der Waals surface area contributed by atoms with Crippen molar-refractivity contribution in [3.8, 4) is 0 Å². The van der Waals surface area contributed by atoms with Gasteiger partial charge in [-0.1, -0.05) is 24.3 Å². The van der Waals surface area contributed by atoms with E-state index in [4.69, 9.17) is 0 Å². The van der Waals surface area contributed by atoms with E-state index in [0.717, 1.165) is 31.8 Å². The lowest BCUT2D eigenvalue weighted by Crippen LogP contribution is -2.46. The van der Waals surface area contributed by atoms with Crippen molar-refractivity contribution in [3.63, 3.8) is 0 Å². The molecule has 0 aromatic rings. The average molecular weight is 287 g/mol. The highest BCUT2D eigenvalue weighted by Crippen LogP contribution is 2.03. The fraction of sp³-hybridized carbons (Fsp3) is 0.692. The van der Waals surface area contributed by atoms with E-state index in [9.17, 15) is 8.42 Å². The molecule has 19 heavy (non-hydrogen) atoms. The van der Waals surface area contributed by atoms with Crippen LogP contribution in [0.2, 0.25) is 0 Å². The summed E-state index contributed by atoms with van der Waals surface area (Å²) in [6.07, 6.45) is 3.49. The third-order valence-corrected chi connectivity index (χ3v) is 4.74. The zero-order valence-corrected chi connectivity index (χ0v) is 12.7. The lowest BCUT2D eigenvalue weighted by atomic mass is 10.1. The first-order valence-electron chi connectivity index (χ1n) is 6.67. The molecule has 1 unspecified atom stereocenters. The van der Waals surface area contributed by atoms with Crippen LogP contribution in [0.25, 0.3) is 0 Å². The van der Waals surface area contributed by atoms with Gasteiger partial charge < -0.3 is 5.32 Å². The van der Waals surface area contributed by atoms with Crippen LogP contribution in [0.15, 0.2) is 24.3 Å². The van der Waals surface area contributed by atoms with Crippen molar-refractivity contribution < 1.29 is 8.42 Å². The Bertz CT molecular complexity index is 412. The van der Waals surface area contributed by atoms with E-state index >= 15 is 0 Å². The summed E-state index contributed by atoms with van der Waals surface area (Å²) in [7, 11) is -3.23. The quantitative estimate of drug-likeness (QED) is 0.663. The molecule has 0 amide bonds. The number of sulfonamides is 1. The molecule has 0 aromatic heterocycles. The fourth-order valence-electron chi connectivity index (χ4n) is 1.94. The summed E-state index contributed by atoms with van der Waals surface area (Å²) in [5, 5.41) is 3.25. The molecule has 1 aliphatic rings. The molecule has 5 nitrogen and oxygen atoms in total. The van der Waals surface area contributed by atoms with Crippen LogP contribution in [-0.4, -0.2) is 57.8 Å². The van der Waals surface area contributed by atoms with Gasteiger partial charge >= 0.3 is 0 Å². The molecule has 2 N–H and O–H groups in total. The van der Waals surface area contributed by atoms with E-state index in [1.165, 1.54) is 0 Å². The Labute approximate surface area is 116 Å². The summed E-state index contributed by atoms with van der Waals surface area (Å²) in [6, 6.07) is -0.189. The highest BCUT2D eigenvalue weighted by atomic mass is 32.2. The van der Waals surface area contributed by atoms with Crippen molar-refractivity contribution >= 4 is 10.0 Å². The van der Waals surface area contributed by atoms with Gasteiger partial charge in [-0.05, 0) is 13.8 Å². The van der Waals surface area contributed by atoms with E-state index in [1.54, 1.807) is 6.08 Å². The number of nitrogens with zero attached hydrogens (tertiary/aromatic N) is 1. The van der Waals surface area contributed by atoms with E-state index in [2.05, 4.69) is 21.5 Å². The highest BCUT2D eigenvalue weighted by molar-refractivity contribution is 7.89. The van der Waals surface area contributed by atoms with Crippen molar-refractivity contribution in [2.45, 2.75) is 19.9 Å². The molecule has 110 valence electrons. The molecular formula is C13H25N3O2S. The fourth-order valence-corrected chi connectivity index (χ4v) is 3.28. The predicted molar refractivity (Wildman–Crippen MR) is 79.6 cm³/mol. The Morgan fingerprint density at radius 3 is 2.68 bits per heavy atom. The number of piperazine rings is 1. The van der Waals surface area contributed by atoms with Gasteiger partial charge in [0.1, 0.15) is 0 Å². The van der Waals surface area contributed by atoms with E-state index in [-0.39, 0.29) is 11.8 Å². The minimum atomic E-state index is -3.23. The van der Waals surface area contributed by atoms with Crippen molar-refractivity contribution in [2.75, 3.05) is 38.5 Å². The zero-order chi connectivity index (χ0) is 14.3. The molecule has 0 radical (unpaired) electrons. The smallest absolute Gasteiger partial charge is 0.213 e. The largest absolute Gasteiger partial charge is 0.314 e. The Morgan fingerprint density at radius 2 is 2.11 bits per heavy atom. The molecule has 1 heterocycles. The molecule has 0 bridgehead atoms. The van der Waals surface area contributed by atoms with Crippen LogP contribution in [0.3, 0.4) is 0 Å². The van der Waals surface area contributed by atoms with Crippen LogP contribution in [0.5, 0.6) is 0 Å². The summed E-state index contributed by atoms with van der Waals surface area (Å²) < 4.78 is 26.7. The predicted octanol–water partition coefficient (Wildman–Crippen LogP) is 0.332. The minimum Gasteiger partial charge on any atom is -0.314 e. The van der Waals surface area contributed by atoms with E-state index in [0.29, 0.717) is 6.54 Å². The molecule has 0 spiro atoms. The third-order valence-electron chi connectivity index (χ3n) is 3.31. The zero-order valence-electron chi connectivity index (χ0n) is 11.9. The second-order valence-corrected chi connectivity index (χ2v) is 6.77. The van der Waals surface area contributed by atoms with Gasteiger partial charge in [0.05, 0.1) is 5.75 Å². The Morgan fingerprint density at radius 1 is 1.47 bits per heavy atom. The number of nitrogens with one attached hydrogen (secondary N) is 2. The highest BCUT2D eigenvalue weighted by Gasteiger charge is 2.18. The van der Waals surface area contributed by atoms with E-state index in [1.807, 2.05) is 19.9 Å². The number of rotatable bonds is 7. The molecule has 1 atom stereocenters. The van der Waals surface area contributed by atoms with Crippen LogP contribution in [0, 0.1) is 0 Å². The van der Waals surface area contributed by atoms with Crippen molar-refractivity contribution in [1.82, 2.24) is 14.9 Å². The van der Waals surface area contributed by atoms with Gasteiger partial charge in [0, 0.05) is 38.8 Å². The Balaban J connectivity index is 2.42. The second kappa shape index (κ2) is 7.79. The van der Waals surface area contributed by atoms with Crippen LogP contribution < -0.4 is 10.0 Å². The molecule has 1 aliphatic heterocycles. The molecule has 0 aliphatic carbocycles. The lowest BCUT2D eigenvalue weighted by Gasteiger charge is -2.27. The SMILES string of the molecule is C=CC=C(C)C(C)NS(=O)(=O)CCN1CCNCC1. The normalized spacial score (nSPS) is 20.2. The van der Waals surface area contributed by atoms with Crippen LogP contribution in [-0.2, 0) is 10.0 Å².